The number of anilines is 1. The lowest BCUT2D eigenvalue weighted by Gasteiger charge is -2.32. The molecule has 4 nitrogen and oxygen atoms in total. The molecule has 0 unspecified atom stereocenters. The minimum absolute atomic E-state index is 0.805. The molecule has 2 aromatic rings. The molecular weight excluding hydrogens is 390 g/mol. The van der Waals surface area contributed by atoms with Crippen LogP contribution in [0.25, 0.3) is 0 Å². The Morgan fingerprint density at radius 2 is 2.10 bits per heavy atom. The number of hydrogen-bond acceptors (Lipinski definition) is 5. The number of thiophene rings is 1. The Kier molecular flexibility index (Phi) is 6.97. The molecule has 1 N–H and O–H groups in total. The maximum absolute atomic E-state index is 9.88. The van der Waals surface area contributed by atoms with Crippen molar-refractivity contribution in [1.29, 1.82) is 5.26 Å². The van der Waals surface area contributed by atoms with E-state index in [9.17, 15) is 5.26 Å². The molecule has 4 rings (SSSR count). The van der Waals surface area contributed by atoms with Crippen molar-refractivity contribution in [2.24, 2.45) is 5.92 Å². The number of benzene rings is 1. The number of fused-ring (bicyclic) bond motifs is 1. The minimum Gasteiger partial charge on any atom is -0.496 e. The maximum Gasteiger partial charge on any atom is 0.122 e. The van der Waals surface area contributed by atoms with Gasteiger partial charge in [0.2, 0.25) is 0 Å². The van der Waals surface area contributed by atoms with Crippen molar-refractivity contribution < 1.29 is 4.74 Å². The van der Waals surface area contributed by atoms with Crippen molar-refractivity contribution in [3.8, 4) is 11.8 Å². The normalized spacial score (nSPS) is 17.4. The largest absolute Gasteiger partial charge is 0.496 e. The Bertz CT molecular complexity index is 908. The molecule has 1 aliphatic carbocycles. The number of rotatable bonds is 7. The molecule has 0 bridgehead atoms. The van der Waals surface area contributed by atoms with E-state index in [4.69, 9.17) is 4.74 Å². The third-order valence-corrected chi connectivity index (χ3v) is 7.85. The van der Waals surface area contributed by atoms with E-state index in [-0.39, 0.29) is 0 Å². The lowest BCUT2D eigenvalue weighted by Crippen LogP contribution is -2.34. The quantitative estimate of drug-likeness (QED) is 0.636. The van der Waals surface area contributed by atoms with Gasteiger partial charge in [0.15, 0.2) is 0 Å². The Hall–Kier alpha value is -2.03. The summed E-state index contributed by atoms with van der Waals surface area (Å²) in [4.78, 5) is 3.99. The van der Waals surface area contributed by atoms with Crippen molar-refractivity contribution >= 4 is 16.3 Å². The fourth-order valence-corrected chi connectivity index (χ4v) is 6.12. The van der Waals surface area contributed by atoms with Crippen LogP contribution in [0, 0.1) is 24.2 Å². The van der Waals surface area contributed by atoms with E-state index < -0.39 is 0 Å². The van der Waals surface area contributed by atoms with Gasteiger partial charge in [-0.1, -0.05) is 31.4 Å². The highest BCUT2D eigenvalue weighted by Crippen LogP contribution is 2.37. The van der Waals surface area contributed by atoms with Crippen molar-refractivity contribution in [2.45, 2.75) is 58.4 Å². The Morgan fingerprint density at radius 3 is 2.87 bits per heavy atom. The van der Waals surface area contributed by atoms with Crippen LogP contribution in [0.1, 0.15) is 59.2 Å². The van der Waals surface area contributed by atoms with Gasteiger partial charge in [-0.05, 0) is 55.7 Å². The summed E-state index contributed by atoms with van der Waals surface area (Å²) >= 11 is 1.79. The molecule has 1 fully saturated rings. The summed E-state index contributed by atoms with van der Waals surface area (Å²) in [6.45, 7) is 6.17. The van der Waals surface area contributed by atoms with E-state index in [0.717, 1.165) is 54.7 Å². The first-order chi connectivity index (χ1) is 14.7. The zero-order chi connectivity index (χ0) is 20.9. The van der Waals surface area contributed by atoms with Crippen molar-refractivity contribution in [3.63, 3.8) is 0 Å². The monoisotopic (exact) mass is 423 g/mol. The second-order valence-electron chi connectivity index (χ2n) is 8.80. The highest BCUT2D eigenvalue weighted by atomic mass is 32.1. The topological polar surface area (TPSA) is 48.3 Å². The maximum atomic E-state index is 9.88. The molecule has 1 aliphatic heterocycles. The first kappa shape index (κ1) is 21.2. The lowest BCUT2D eigenvalue weighted by atomic mass is 9.88. The number of aryl methyl sites for hydroxylation is 1. The van der Waals surface area contributed by atoms with Gasteiger partial charge in [0.05, 0.1) is 12.7 Å². The zero-order valence-corrected chi connectivity index (χ0v) is 19.1. The molecular formula is C25H33N3OS. The number of methoxy groups -OCH3 is 1. The molecule has 2 aliphatic rings. The number of nitrogens with one attached hydrogen (secondary N) is 1. The highest BCUT2D eigenvalue weighted by molar-refractivity contribution is 7.16. The average molecular weight is 424 g/mol. The third-order valence-electron chi connectivity index (χ3n) is 6.60. The number of nitrogens with zero attached hydrogens (tertiary/aromatic N) is 2. The molecule has 0 spiro atoms. The van der Waals surface area contributed by atoms with E-state index in [1.54, 1.807) is 18.4 Å². The Labute approximate surface area is 184 Å². The minimum atomic E-state index is 0.805. The van der Waals surface area contributed by atoms with Gasteiger partial charge < -0.3 is 10.1 Å². The van der Waals surface area contributed by atoms with Crippen LogP contribution in [0.15, 0.2) is 18.2 Å². The first-order valence-electron chi connectivity index (χ1n) is 11.3. The molecule has 160 valence electrons. The van der Waals surface area contributed by atoms with E-state index in [0.29, 0.717) is 0 Å². The number of nitriles is 1. The summed E-state index contributed by atoms with van der Waals surface area (Å²) < 4.78 is 5.53. The second kappa shape index (κ2) is 9.85. The van der Waals surface area contributed by atoms with Crippen LogP contribution in [-0.2, 0) is 19.4 Å². The van der Waals surface area contributed by atoms with E-state index >= 15 is 0 Å². The highest BCUT2D eigenvalue weighted by Gasteiger charge is 2.26. The Morgan fingerprint density at radius 1 is 1.27 bits per heavy atom. The molecule has 5 heteroatoms. The summed E-state index contributed by atoms with van der Waals surface area (Å²) in [6.07, 6.45) is 8.92. The molecule has 2 heterocycles. The second-order valence-corrected chi connectivity index (χ2v) is 9.91. The summed E-state index contributed by atoms with van der Waals surface area (Å²) in [7, 11) is 1.73. The Balaban J connectivity index is 1.39. The van der Waals surface area contributed by atoms with Gasteiger partial charge in [-0.2, -0.15) is 5.26 Å². The van der Waals surface area contributed by atoms with E-state index in [2.05, 4.69) is 41.4 Å². The van der Waals surface area contributed by atoms with Crippen LogP contribution >= 0.6 is 11.3 Å². The molecule has 0 amide bonds. The average Bonchev–Trinajstić information content (AvgIpc) is 3.12. The van der Waals surface area contributed by atoms with Crippen LogP contribution in [0.3, 0.4) is 0 Å². The first-order valence-corrected chi connectivity index (χ1v) is 12.1. The predicted octanol–water partition coefficient (Wildman–Crippen LogP) is 5.53. The third kappa shape index (κ3) is 4.82. The van der Waals surface area contributed by atoms with Gasteiger partial charge in [-0.15, -0.1) is 11.3 Å². The van der Waals surface area contributed by atoms with Crippen molar-refractivity contribution in [2.75, 3.05) is 32.1 Å². The van der Waals surface area contributed by atoms with Crippen LogP contribution in [0.4, 0.5) is 5.00 Å². The number of hydrogen-bond donors (Lipinski definition) is 1. The summed E-state index contributed by atoms with van der Waals surface area (Å²) in [6, 6.07) is 8.86. The van der Waals surface area contributed by atoms with Crippen LogP contribution in [-0.4, -0.2) is 31.6 Å². The predicted molar refractivity (Wildman–Crippen MR) is 125 cm³/mol. The van der Waals surface area contributed by atoms with Gasteiger partial charge in [0.1, 0.15) is 16.8 Å². The zero-order valence-electron chi connectivity index (χ0n) is 18.3. The molecule has 0 saturated heterocycles. The molecule has 30 heavy (non-hydrogen) atoms. The number of ether oxygens (including phenoxy) is 1. The van der Waals surface area contributed by atoms with Crippen molar-refractivity contribution in [1.82, 2.24) is 4.90 Å². The SMILES string of the molecule is COc1cc(C)ccc1CCNc1sc2c(c1C#N)CN(CC1CCCCC1)CC2. The van der Waals surface area contributed by atoms with E-state index in [1.165, 1.54) is 60.2 Å². The fraction of sp³-hybridized carbons (Fsp3) is 0.560. The van der Waals surface area contributed by atoms with Crippen LogP contribution < -0.4 is 10.1 Å². The summed E-state index contributed by atoms with van der Waals surface area (Å²) in [5.74, 6) is 1.80. The standard InChI is InChI=1S/C25H33N3OS/c1-18-8-9-20(23(14-18)29-2)10-12-27-25-21(15-26)22-17-28(13-11-24(22)30-25)16-19-6-4-3-5-7-19/h8-9,14,19,27H,3-7,10-13,16-17H2,1-2H3. The van der Waals surface area contributed by atoms with Gasteiger partial charge in [0.25, 0.3) is 0 Å². The van der Waals surface area contributed by atoms with Gasteiger partial charge in [-0.25, -0.2) is 0 Å². The van der Waals surface area contributed by atoms with Gasteiger partial charge >= 0.3 is 0 Å². The molecule has 0 radical (unpaired) electrons. The summed E-state index contributed by atoms with van der Waals surface area (Å²) in [5, 5.41) is 14.5. The molecule has 1 aromatic heterocycles. The van der Waals surface area contributed by atoms with Crippen LogP contribution in [0.5, 0.6) is 5.75 Å². The summed E-state index contributed by atoms with van der Waals surface area (Å²) in [5.41, 5.74) is 4.56. The van der Waals surface area contributed by atoms with Gasteiger partial charge in [0, 0.05) is 36.6 Å². The molecule has 0 atom stereocenters. The van der Waals surface area contributed by atoms with Crippen LogP contribution in [0.2, 0.25) is 0 Å². The lowest BCUT2D eigenvalue weighted by molar-refractivity contribution is 0.188. The van der Waals surface area contributed by atoms with E-state index in [1.807, 2.05) is 0 Å². The molecule has 1 aromatic carbocycles. The molecule has 1 saturated carbocycles. The fourth-order valence-electron chi connectivity index (χ4n) is 4.95. The van der Waals surface area contributed by atoms with Crippen molar-refractivity contribution in [3.05, 3.63) is 45.3 Å². The van der Waals surface area contributed by atoms with Gasteiger partial charge in [-0.3, -0.25) is 4.90 Å². The smallest absolute Gasteiger partial charge is 0.122 e.